The van der Waals surface area contributed by atoms with E-state index in [1.165, 1.54) is 19.4 Å². The van der Waals surface area contributed by atoms with Crippen LogP contribution in [0.3, 0.4) is 0 Å². The predicted molar refractivity (Wildman–Crippen MR) is 85.9 cm³/mol. The summed E-state index contributed by atoms with van der Waals surface area (Å²) in [5.74, 6) is -2.41. The number of carbonyl (C=O) groups excluding carboxylic acids is 3. The number of rotatable bonds is 6. The molecular weight excluding hydrogens is 298 g/mol. The van der Waals surface area contributed by atoms with E-state index in [0.29, 0.717) is 12.0 Å². The molecule has 0 radical (unpaired) electrons. The van der Waals surface area contributed by atoms with E-state index in [2.05, 4.69) is 11.7 Å². The van der Waals surface area contributed by atoms with Gasteiger partial charge in [0.05, 0.1) is 18.9 Å². The van der Waals surface area contributed by atoms with Gasteiger partial charge in [-0.05, 0) is 17.4 Å². The molecule has 1 unspecified atom stereocenters. The lowest BCUT2D eigenvalue weighted by molar-refractivity contribution is -0.155. The van der Waals surface area contributed by atoms with Crippen molar-refractivity contribution in [2.24, 2.45) is 16.5 Å². The SMILES string of the molecule is C=CCON=CC(CC)=C1C(=O)CC(C)(C)C(C(=O)OC)C1=O. The molecule has 0 aromatic carbocycles. The minimum absolute atomic E-state index is 0.0215. The summed E-state index contributed by atoms with van der Waals surface area (Å²) in [6, 6.07) is 0. The van der Waals surface area contributed by atoms with Crippen molar-refractivity contribution in [1.82, 2.24) is 0 Å². The zero-order valence-corrected chi connectivity index (χ0v) is 14.0. The molecule has 1 rings (SSSR count). The highest BCUT2D eigenvalue weighted by Crippen LogP contribution is 2.40. The maximum atomic E-state index is 12.7. The molecule has 0 spiro atoms. The van der Waals surface area contributed by atoms with E-state index in [1.54, 1.807) is 20.8 Å². The summed E-state index contributed by atoms with van der Waals surface area (Å²) in [4.78, 5) is 42.1. The molecule has 0 bridgehead atoms. The molecule has 6 heteroatoms. The number of hydrogen-bond acceptors (Lipinski definition) is 6. The normalized spacial score (nSPS) is 22.9. The van der Waals surface area contributed by atoms with Crippen LogP contribution in [-0.2, 0) is 24.0 Å². The van der Waals surface area contributed by atoms with Crippen LogP contribution in [0.5, 0.6) is 0 Å². The van der Waals surface area contributed by atoms with Crippen LogP contribution in [0.25, 0.3) is 0 Å². The molecule has 1 aliphatic carbocycles. The van der Waals surface area contributed by atoms with Crippen LogP contribution in [0.1, 0.15) is 33.6 Å². The van der Waals surface area contributed by atoms with Gasteiger partial charge in [-0.2, -0.15) is 0 Å². The highest BCUT2D eigenvalue weighted by molar-refractivity contribution is 6.29. The molecule has 0 saturated heterocycles. The van der Waals surface area contributed by atoms with Gasteiger partial charge in [0.1, 0.15) is 12.5 Å². The van der Waals surface area contributed by atoms with Gasteiger partial charge >= 0.3 is 5.97 Å². The highest BCUT2D eigenvalue weighted by atomic mass is 16.6. The van der Waals surface area contributed by atoms with Crippen LogP contribution < -0.4 is 0 Å². The standard InChI is InChI=1S/C17H23NO5/c1-6-8-23-18-10-11(7-2)13-12(19)9-17(3,4)14(15(13)20)16(21)22-5/h6,10,14H,1,7-9H2,2-5H3. The van der Waals surface area contributed by atoms with Crippen LogP contribution in [0, 0.1) is 11.3 Å². The summed E-state index contributed by atoms with van der Waals surface area (Å²) >= 11 is 0. The van der Waals surface area contributed by atoms with Gasteiger partial charge < -0.3 is 9.57 Å². The summed E-state index contributed by atoms with van der Waals surface area (Å²) in [7, 11) is 1.23. The minimum Gasteiger partial charge on any atom is -0.468 e. The molecule has 23 heavy (non-hydrogen) atoms. The molecular formula is C17H23NO5. The van der Waals surface area contributed by atoms with Crippen molar-refractivity contribution in [2.45, 2.75) is 33.6 Å². The number of hydrogen-bond donors (Lipinski definition) is 0. The van der Waals surface area contributed by atoms with Crippen molar-refractivity contribution in [3.63, 3.8) is 0 Å². The Bertz CT molecular complexity index is 572. The molecule has 0 heterocycles. The van der Waals surface area contributed by atoms with Gasteiger partial charge in [0, 0.05) is 6.42 Å². The number of methoxy groups -OCH3 is 1. The molecule has 0 aliphatic heterocycles. The third-order valence-corrected chi connectivity index (χ3v) is 3.80. The zero-order valence-electron chi connectivity index (χ0n) is 14.0. The lowest BCUT2D eigenvalue weighted by Gasteiger charge is -2.36. The quantitative estimate of drug-likeness (QED) is 0.109. The lowest BCUT2D eigenvalue weighted by atomic mass is 9.65. The largest absolute Gasteiger partial charge is 0.468 e. The topological polar surface area (TPSA) is 82.0 Å². The second kappa shape index (κ2) is 7.85. The maximum Gasteiger partial charge on any atom is 0.317 e. The van der Waals surface area contributed by atoms with Gasteiger partial charge in [0.2, 0.25) is 0 Å². The van der Waals surface area contributed by atoms with Crippen molar-refractivity contribution in [1.29, 1.82) is 0 Å². The average molecular weight is 321 g/mol. The molecule has 1 aliphatic rings. The number of Topliss-reactive ketones (excluding diaryl/α,β-unsaturated/α-hetero) is 2. The number of ketones is 2. The fraction of sp³-hybridized carbons (Fsp3) is 0.529. The van der Waals surface area contributed by atoms with Crippen LogP contribution in [0.15, 0.2) is 29.0 Å². The fourth-order valence-corrected chi connectivity index (χ4v) is 2.65. The summed E-state index contributed by atoms with van der Waals surface area (Å²) in [5, 5.41) is 3.73. The van der Waals surface area contributed by atoms with E-state index in [-0.39, 0.29) is 24.4 Å². The molecule has 126 valence electrons. The molecule has 6 nitrogen and oxygen atoms in total. The van der Waals surface area contributed by atoms with E-state index in [1.807, 2.05) is 0 Å². The van der Waals surface area contributed by atoms with Gasteiger partial charge in [-0.1, -0.05) is 38.6 Å². The van der Waals surface area contributed by atoms with Crippen LogP contribution >= 0.6 is 0 Å². The van der Waals surface area contributed by atoms with Crippen molar-refractivity contribution in [2.75, 3.05) is 13.7 Å². The molecule has 1 fully saturated rings. The number of oxime groups is 1. The summed E-state index contributed by atoms with van der Waals surface area (Å²) in [6.07, 6.45) is 3.39. The van der Waals surface area contributed by atoms with Crippen LogP contribution in [0.4, 0.5) is 0 Å². The van der Waals surface area contributed by atoms with Crippen molar-refractivity contribution in [3.8, 4) is 0 Å². The molecule has 0 amide bonds. The van der Waals surface area contributed by atoms with E-state index in [9.17, 15) is 14.4 Å². The van der Waals surface area contributed by atoms with Crippen molar-refractivity contribution >= 4 is 23.8 Å². The van der Waals surface area contributed by atoms with Crippen LogP contribution in [-0.4, -0.2) is 37.5 Å². The monoisotopic (exact) mass is 321 g/mol. The molecule has 0 aromatic rings. The third kappa shape index (κ3) is 4.15. The Labute approximate surface area is 136 Å². The number of carbonyl (C=O) groups is 3. The van der Waals surface area contributed by atoms with Crippen LogP contribution in [0.2, 0.25) is 0 Å². The Morgan fingerprint density at radius 3 is 2.61 bits per heavy atom. The third-order valence-electron chi connectivity index (χ3n) is 3.80. The second-order valence-corrected chi connectivity index (χ2v) is 5.98. The van der Waals surface area contributed by atoms with Gasteiger partial charge in [0.25, 0.3) is 0 Å². The minimum atomic E-state index is -0.996. The number of allylic oxidation sites excluding steroid dienone is 2. The lowest BCUT2D eigenvalue weighted by Crippen LogP contribution is -2.46. The smallest absolute Gasteiger partial charge is 0.317 e. The second-order valence-electron chi connectivity index (χ2n) is 5.98. The zero-order chi connectivity index (χ0) is 17.6. The Morgan fingerprint density at radius 2 is 2.09 bits per heavy atom. The first-order valence-corrected chi connectivity index (χ1v) is 7.44. The summed E-state index contributed by atoms with van der Waals surface area (Å²) < 4.78 is 4.74. The highest BCUT2D eigenvalue weighted by Gasteiger charge is 2.50. The summed E-state index contributed by atoms with van der Waals surface area (Å²) in [6.45, 7) is 8.95. The molecule has 1 atom stereocenters. The van der Waals surface area contributed by atoms with E-state index in [0.717, 1.165) is 0 Å². The van der Waals surface area contributed by atoms with Crippen molar-refractivity contribution < 1.29 is 24.0 Å². The first-order chi connectivity index (χ1) is 10.8. The van der Waals surface area contributed by atoms with Gasteiger partial charge in [0.15, 0.2) is 11.6 Å². The fourth-order valence-electron chi connectivity index (χ4n) is 2.65. The number of esters is 1. The Balaban J connectivity index is 3.27. The molecule has 0 aromatic heterocycles. The van der Waals surface area contributed by atoms with E-state index < -0.39 is 23.1 Å². The Morgan fingerprint density at radius 1 is 1.43 bits per heavy atom. The van der Waals surface area contributed by atoms with E-state index >= 15 is 0 Å². The van der Waals surface area contributed by atoms with Gasteiger partial charge in [-0.15, -0.1) is 0 Å². The number of ether oxygens (including phenoxy) is 1. The Hall–Kier alpha value is -2.24. The molecule has 1 saturated carbocycles. The molecule has 0 N–H and O–H groups in total. The predicted octanol–water partition coefficient (Wildman–Crippen LogP) is 2.24. The Kier molecular flexibility index (Phi) is 6.42. The van der Waals surface area contributed by atoms with E-state index in [4.69, 9.17) is 9.57 Å². The average Bonchev–Trinajstić information content (AvgIpc) is 2.47. The van der Waals surface area contributed by atoms with Gasteiger partial charge in [-0.3, -0.25) is 14.4 Å². The number of nitrogens with zero attached hydrogens (tertiary/aromatic N) is 1. The van der Waals surface area contributed by atoms with Crippen molar-refractivity contribution in [3.05, 3.63) is 23.8 Å². The first kappa shape index (κ1) is 18.8. The summed E-state index contributed by atoms with van der Waals surface area (Å²) in [5.41, 5.74) is -0.304. The van der Waals surface area contributed by atoms with Gasteiger partial charge in [-0.25, -0.2) is 0 Å². The maximum absolute atomic E-state index is 12.7. The first-order valence-electron chi connectivity index (χ1n) is 7.44.